The first-order chi connectivity index (χ1) is 14.9. The minimum atomic E-state index is -0.699. The van der Waals surface area contributed by atoms with E-state index >= 15 is 0 Å². The molecule has 4 rings (SSSR count). The Bertz CT molecular complexity index is 1080. The van der Waals surface area contributed by atoms with Crippen LogP contribution < -0.4 is 4.90 Å². The number of amides is 1. The molecular formula is C22H24F2N6O. The second-order valence-electron chi connectivity index (χ2n) is 7.92. The molecule has 7 nitrogen and oxygen atoms in total. The minimum Gasteiger partial charge on any atom is -0.308 e. The standard InChI is InChI=1S/C22H24F2N6O/c1-28(2)6-7-29-14-16(12-26-29)20-13-25-19-4-3-5-30(22(19)27-20)21(31)10-15-8-17(23)11-18(24)9-15/h8-9,11-14H,3-7,10H2,1-2H3. The average molecular weight is 426 g/mol. The lowest BCUT2D eigenvalue weighted by Gasteiger charge is -2.28. The van der Waals surface area contributed by atoms with Gasteiger partial charge in [-0.2, -0.15) is 5.10 Å². The summed E-state index contributed by atoms with van der Waals surface area (Å²) in [5, 5.41) is 4.37. The predicted octanol–water partition coefficient (Wildman–Crippen LogP) is 2.70. The van der Waals surface area contributed by atoms with Crippen molar-refractivity contribution in [2.45, 2.75) is 25.8 Å². The predicted molar refractivity (Wildman–Crippen MR) is 113 cm³/mol. The maximum Gasteiger partial charge on any atom is 0.232 e. The van der Waals surface area contributed by atoms with Crippen molar-refractivity contribution in [1.82, 2.24) is 24.6 Å². The maximum absolute atomic E-state index is 13.5. The number of likely N-dealkylation sites (N-methyl/N-ethyl adjacent to an activating group) is 1. The van der Waals surface area contributed by atoms with Crippen LogP contribution in [0.25, 0.3) is 11.3 Å². The van der Waals surface area contributed by atoms with Crippen LogP contribution in [0, 0.1) is 11.6 Å². The fourth-order valence-electron chi connectivity index (χ4n) is 3.59. The van der Waals surface area contributed by atoms with Gasteiger partial charge in [0.2, 0.25) is 5.91 Å². The van der Waals surface area contributed by atoms with E-state index in [1.54, 1.807) is 17.3 Å². The third kappa shape index (κ3) is 4.93. The summed E-state index contributed by atoms with van der Waals surface area (Å²) in [5.41, 5.74) is 2.49. The first kappa shape index (κ1) is 21.0. The van der Waals surface area contributed by atoms with E-state index in [1.807, 2.05) is 25.0 Å². The molecule has 0 atom stereocenters. The first-order valence-electron chi connectivity index (χ1n) is 10.2. The maximum atomic E-state index is 13.5. The smallest absolute Gasteiger partial charge is 0.232 e. The number of hydrogen-bond acceptors (Lipinski definition) is 5. The van der Waals surface area contributed by atoms with Crippen molar-refractivity contribution < 1.29 is 13.6 Å². The Kier molecular flexibility index (Phi) is 6.03. The molecule has 0 N–H and O–H groups in total. The number of rotatable bonds is 6. The van der Waals surface area contributed by atoms with E-state index < -0.39 is 11.6 Å². The molecule has 0 fully saturated rings. The van der Waals surface area contributed by atoms with Crippen LogP contribution in [-0.2, 0) is 24.2 Å². The Labute approximate surface area is 179 Å². The average Bonchev–Trinajstić information content (AvgIpc) is 3.19. The van der Waals surface area contributed by atoms with E-state index in [4.69, 9.17) is 4.98 Å². The van der Waals surface area contributed by atoms with Crippen LogP contribution in [0.2, 0.25) is 0 Å². The topological polar surface area (TPSA) is 67.2 Å². The Morgan fingerprint density at radius 1 is 1.16 bits per heavy atom. The van der Waals surface area contributed by atoms with Crippen LogP contribution in [0.15, 0.2) is 36.8 Å². The summed E-state index contributed by atoms with van der Waals surface area (Å²) in [6.07, 6.45) is 6.71. The number of hydrogen-bond donors (Lipinski definition) is 0. The number of aryl methyl sites for hydroxylation is 1. The molecule has 1 aliphatic heterocycles. The molecule has 31 heavy (non-hydrogen) atoms. The Morgan fingerprint density at radius 3 is 2.68 bits per heavy atom. The number of nitrogens with zero attached hydrogens (tertiary/aromatic N) is 6. The van der Waals surface area contributed by atoms with Crippen LogP contribution in [0.4, 0.5) is 14.6 Å². The zero-order valence-corrected chi connectivity index (χ0v) is 17.6. The fraction of sp³-hybridized carbons (Fsp3) is 0.364. The van der Waals surface area contributed by atoms with Gasteiger partial charge in [-0.05, 0) is 44.6 Å². The first-order valence-corrected chi connectivity index (χ1v) is 10.2. The van der Waals surface area contributed by atoms with Gasteiger partial charge >= 0.3 is 0 Å². The zero-order chi connectivity index (χ0) is 22.0. The second-order valence-corrected chi connectivity index (χ2v) is 7.92. The summed E-state index contributed by atoms with van der Waals surface area (Å²) in [6, 6.07) is 3.15. The zero-order valence-electron chi connectivity index (χ0n) is 17.6. The van der Waals surface area contributed by atoms with Crippen LogP contribution in [-0.4, -0.2) is 57.7 Å². The molecule has 0 spiro atoms. The lowest BCUT2D eigenvalue weighted by atomic mass is 10.1. The Morgan fingerprint density at radius 2 is 1.94 bits per heavy atom. The highest BCUT2D eigenvalue weighted by molar-refractivity contribution is 5.95. The van der Waals surface area contributed by atoms with Crippen LogP contribution >= 0.6 is 0 Å². The number of halogens is 2. The number of carbonyl (C=O) groups excluding carboxylic acids is 1. The number of fused-ring (bicyclic) bond motifs is 1. The number of aromatic nitrogens is 4. The molecule has 0 radical (unpaired) electrons. The molecule has 9 heteroatoms. The highest BCUT2D eigenvalue weighted by Gasteiger charge is 2.26. The van der Waals surface area contributed by atoms with Gasteiger partial charge in [-0.1, -0.05) is 0 Å². The molecular weight excluding hydrogens is 402 g/mol. The van der Waals surface area contributed by atoms with Crippen LogP contribution in [0.5, 0.6) is 0 Å². The quantitative estimate of drug-likeness (QED) is 0.606. The third-order valence-electron chi connectivity index (χ3n) is 5.16. The normalized spacial score (nSPS) is 13.5. The van der Waals surface area contributed by atoms with Crippen molar-refractivity contribution in [3.05, 3.63) is 59.7 Å². The molecule has 0 unspecified atom stereocenters. The van der Waals surface area contributed by atoms with Crippen LogP contribution in [0.3, 0.4) is 0 Å². The molecule has 0 bridgehead atoms. The van der Waals surface area contributed by atoms with Gasteiger partial charge < -0.3 is 4.90 Å². The molecule has 0 saturated heterocycles. The summed E-state index contributed by atoms with van der Waals surface area (Å²) >= 11 is 0. The lowest BCUT2D eigenvalue weighted by molar-refractivity contribution is -0.118. The summed E-state index contributed by atoms with van der Waals surface area (Å²) in [7, 11) is 4.01. The monoisotopic (exact) mass is 426 g/mol. The molecule has 162 valence electrons. The van der Waals surface area contributed by atoms with Gasteiger partial charge in [0.1, 0.15) is 11.6 Å². The van der Waals surface area contributed by atoms with Crippen molar-refractivity contribution >= 4 is 11.7 Å². The van der Waals surface area contributed by atoms with Gasteiger partial charge in [-0.15, -0.1) is 0 Å². The SMILES string of the molecule is CN(C)CCn1cc(-c2cnc3c(n2)N(C(=O)Cc2cc(F)cc(F)c2)CCC3)cn1. The molecule has 2 aromatic heterocycles. The molecule has 0 aliphatic carbocycles. The summed E-state index contributed by atoms with van der Waals surface area (Å²) in [4.78, 5) is 25.8. The molecule has 1 amide bonds. The Hall–Kier alpha value is -3.20. The highest BCUT2D eigenvalue weighted by Crippen LogP contribution is 2.27. The second kappa shape index (κ2) is 8.89. The molecule has 0 saturated carbocycles. The van der Waals surface area contributed by atoms with Crippen molar-refractivity contribution in [3.8, 4) is 11.3 Å². The number of carbonyl (C=O) groups is 1. The molecule has 1 aromatic carbocycles. The van der Waals surface area contributed by atoms with Crippen molar-refractivity contribution in [2.24, 2.45) is 0 Å². The summed E-state index contributed by atoms with van der Waals surface area (Å²) in [6.45, 7) is 2.10. The summed E-state index contributed by atoms with van der Waals surface area (Å²) in [5.74, 6) is -1.16. The highest BCUT2D eigenvalue weighted by atomic mass is 19.1. The number of anilines is 1. The van der Waals surface area contributed by atoms with Crippen molar-refractivity contribution in [2.75, 3.05) is 32.1 Å². The van der Waals surface area contributed by atoms with E-state index in [0.717, 1.165) is 43.3 Å². The minimum absolute atomic E-state index is 0.109. The number of benzene rings is 1. The lowest BCUT2D eigenvalue weighted by Crippen LogP contribution is -2.37. The van der Waals surface area contributed by atoms with Gasteiger partial charge in [-0.25, -0.2) is 13.8 Å². The van der Waals surface area contributed by atoms with Crippen LogP contribution in [0.1, 0.15) is 17.7 Å². The van der Waals surface area contributed by atoms with E-state index in [2.05, 4.69) is 15.0 Å². The molecule has 3 heterocycles. The van der Waals surface area contributed by atoms with Gasteiger partial charge in [0.25, 0.3) is 0 Å². The van der Waals surface area contributed by atoms with E-state index in [0.29, 0.717) is 23.6 Å². The van der Waals surface area contributed by atoms with E-state index in [-0.39, 0.29) is 12.3 Å². The largest absolute Gasteiger partial charge is 0.308 e. The van der Waals surface area contributed by atoms with Crippen molar-refractivity contribution in [3.63, 3.8) is 0 Å². The van der Waals surface area contributed by atoms with Gasteiger partial charge in [0.05, 0.1) is 36.7 Å². The fourth-order valence-corrected chi connectivity index (χ4v) is 3.59. The van der Waals surface area contributed by atoms with Gasteiger partial charge in [-0.3, -0.25) is 19.4 Å². The third-order valence-corrected chi connectivity index (χ3v) is 5.16. The Balaban J connectivity index is 1.57. The summed E-state index contributed by atoms with van der Waals surface area (Å²) < 4.78 is 28.9. The molecule has 3 aromatic rings. The van der Waals surface area contributed by atoms with Crippen molar-refractivity contribution in [1.29, 1.82) is 0 Å². The van der Waals surface area contributed by atoms with E-state index in [9.17, 15) is 13.6 Å². The van der Waals surface area contributed by atoms with Gasteiger partial charge in [0.15, 0.2) is 5.82 Å². The van der Waals surface area contributed by atoms with Gasteiger partial charge in [0, 0.05) is 30.9 Å². The van der Waals surface area contributed by atoms with E-state index in [1.165, 1.54) is 12.1 Å². The molecule has 1 aliphatic rings.